The Morgan fingerprint density at radius 1 is 1.38 bits per heavy atom. The molecule has 1 heterocycles. The Balaban J connectivity index is 1.31. The van der Waals surface area contributed by atoms with Crippen LogP contribution < -0.4 is 5.32 Å². The van der Waals surface area contributed by atoms with E-state index in [-0.39, 0.29) is 6.03 Å². The zero-order valence-corrected chi connectivity index (χ0v) is 15.2. The molecule has 1 fully saturated rings. The summed E-state index contributed by atoms with van der Waals surface area (Å²) in [6.07, 6.45) is 9.43. The number of aromatic nitrogens is 2. The molecular weight excluding hydrogens is 300 g/mol. The van der Waals surface area contributed by atoms with Crippen molar-refractivity contribution >= 4 is 6.03 Å². The molecule has 0 aliphatic heterocycles. The number of hydrogen-bond donors (Lipinski definition) is 1. The number of hydrogen-bond acceptors (Lipinski definition) is 2. The zero-order valence-electron chi connectivity index (χ0n) is 15.2. The van der Waals surface area contributed by atoms with Gasteiger partial charge in [0, 0.05) is 32.4 Å². The number of carbonyl (C=O) groups is 1. The predicted octanol–water partition coefficient (Wildman–Crippen LogP) is 3.13. The molecule has 24 heavy (non-hydrogen) atoms. The molecular formula is C19H30N4O. The van der Waals surface area contributed by atoms with Crippen LogP contribution in [0.2, 0.25) is 0 Å². The molecule has 2 aliphatic carbocycles. The highest BCUT2D eigenvalue weighted by atomic mass is 16.2. The summed E-state index contributed by atoms with van der Waals surface area (Å²) < 4.78 is 2.02. The molecule has 2 bridgehead atoms. The van der Waals surface area contributed by atoms with Gasteiger partial charge in [0.25, 0.3) is 0 Å². The van der Waals surface area contributed by atoms with Crippen molar-refractivity contribution in [3.8, 4) is 0 Å². The van der Waals surface area contributed by atoms with Gasteiger partial charge >= 0.3 is 6.03 Å². The van der Waals surface area contributed by atoms with Crippen molar-refractivity contribution < 1.29 is 4.79 Å². The maximum atomic E-state index is 12.2. The van der Waals surface area contributed by atoms with Gasteiger partial charge in [-0.2, -0.15) is 5.10 Å². The minimum absolute atomic E-state index is 0.0436. The smallest absolute Gasteiger partial charge is 0.317 e. The number of rotatable bonds is 7. The number of allylic oxidation sites excluding steroid dienone is 2. The first-order chi connectivity index (χ1) is 11.5. The van der Waals surface area contributed by atoms with Crippen molar-refractivity contribution in [3.63, 3.8) is 0 Å². The molecule has 1 aromatic rings. The van der Waals surface area contributed by atoms with Crippen molar-refractivity contribution in [2.75, 3.05) is 20.1 Å². The third-order valence-corrected chi connectivity index (χ3v) is 5.52. The maximum Gasteiger partial charge on any atom is 0.317 e. The van der Waals surface area contributed by atoms with Crippen molar-refractivity contribution in [1.29, 1.82) is 0 Å². The quantitative estimate of drug-likeness (QED) is 0.781. The van der Waals surface area contributed by atoms with Crippen LogP contribution in [0.1, 0.15) is 37.1 Å². The van der Waals surface area contributed by atoms with Gasteiger partial charge in [0.1, 0.15) is 0 Å². The summed E-state index contributed by atoms with van der Waals surface area (Å²) in [6, 6.07) is 2.13. The van der Waals surface area contributed by atoms with Crippen molar-refractivity contribution in [3.05, 3.63) is 29.6 Å². The Labute approximate surface area is 145 Å². The van der Waals surface area contributed by atoms with Gasteiger partial charge in [-0.3, -0.25) is 4.68 Å². The van der Waals surface area contributed by atoms with Gasteiger partial charge in [-0.1, -0.05) is 12.2 Å². The van der Waals surface area contributed by atoms with E-state index in [1.165, 1.54) is 18.5 Å². The highest BCUT2D eigenvalue weighted by Gasteiger charge is 2.34. The van der Waals surface area contributed by atoms with Crippen LogP contribution in [-0.4, -0.2) is 40.8 Å². The second-order valence-electron chi connectivity index (χ2n) is 7.49. The van der Waals surface area contributed by atoms with E-state index >= 15 is 0 Å². The monoisotopic (exact) mass is 330 g/mol. The number of nitrogens with zero attached hydrogens (tertiary/aromatic N) is 3. The number of urea groups is 1. The normalized spacial score (nSPS) is 24.5. The molecule has 0 radical (unpaired) electrons. The highest BCUT2D eigenvalue weighted by molar-refractivity contribution is 5.73. The fourth-order valence-electron chi connectivity index (χ4n) is 4.19. The average molecular weight is 330 g/mol. The number of aryl methyl sites for hydroxylation is 3. The third-order valence-electron chi connectivity index (χ3n) is 5.52. The van der Waals surface area contributed by atoms with Crippen molar-refractivity contribution in [1.82, 2.24) is 20.0 Å². The fraction of sp³-hybridized carbons (Fsp3) is 0.684. The second-order valence-corrected chi connectivity index (χ2v) is 7.49. The Hall–Kier alpha value is -1.78. The summed E-state index contributed by atoms with van der Waals surface area (Å²) in [5.74, 6) is 2.36. The SMILES string of the molecule is Cc1cc(C)n(CCCN(C)C(=O)NCCC2CC3C=CC2C3)n1. The van der Waals surface area contributed by atoms with Gasteiger partial charge in [0.2, 0.25) is 0 Å². The van der Waals surface area contributed by atoms with E-state index in [2.05, 4.69) is 35.6 Å². The zero-order chi connectivity index (χ0) is 17.1. The van der Waals surface area contributed by atoms with Crippen molar-refractivity contribution in [2.45, 2.75) is 46.1 Å². The van der Waals surface area contributed by atoms with Gasteiger partial charge < -0.3 is 10.2 Å². The Bertz CT molecular complexity index is 607. The minimum Gasteiger partial charge on any atom is -0.338 e. The topological polar surface area (TPSA) is 50.2 Å². The summed E-state index contributed by atoms with van der Waals surface area (Å²) in [6.45, 7) is 6.48. The molecule has 3 atom stereocenters. The Kier molecular flexibility index (Phi) is 5.27. The summed E-state index contributed by atoms with van der Waals surface area (Å²) in [4.78, 5) is 14.0. The van der Waals surface area contributed by atoms with Gasteiger partial charge in [0.05, 0.1) is 5.69 Å². The highest BCUT2D eigenvalue weighted by Crippen LogP contribution is 2.44. The van der Waals surface area contributed by atoms with Crippen LogP contribution in [0.15, 0.2) is 18.2 Å². The molecule has 3 unspecified atom stereocenters. The van der Waals surface area contributed by atoms with Gasteiger partial charge in [0.15, 0.2) is 0 Å². The summed E-state index contributed by atoms with van der Waals surface area (Å²) in [7, 11) is 1.87. The molecule has 3 rings (SSSR count). The minimum atomic E-state index is 0.0436. The summed E-state index contributed by atoms with van der Waals surface area (Å²) in [5, 5.41) is 7.53. The van der Waals surface area contributed by atoms with Crippen LogP contribution in [0.4, 0.5) is 4.79 Å². The molecule has 1 aromatic heterocycles. The van der Waals surface area contributed by atoms with Crippen LogP contribution >= 0.6 is 0 Å². The van der Waals surface area contributed by atoms with E-state index in [1.54, 1.807) is 4.90 Å². The van der Waals surface area contributed by atoms with Crippen LogP contribution in [-0.2, 0) is 6.54 Å². The molecule has 5 heteroatoms. The lowest BCUT2D eigenvalue weighted by atomic mass is 9.91. The van der Waals surface area contributed by atoms with Crippen LogP contribution in [0.25, 0.3) is 0 Å². The Morgan fingerprint density at radius 3 is 2.83 bits per heavy atom. The molecule has 2 amide bonds. The first-order valence-corrected chi connectivity index (χ1v) is 9.21. The van der Waals surface area contributed by atoms with E-state index in [1.807, 2.05) is 18.7 Å². The maximum absolute atomic E-state index is 12.2. The third kappa shape index (κ3) is 4.00. The van der Waals surface area contributed by atoms with E-state index in [4.69, 9.17) is 0 Å². The number of fused-ring (bicyclic) bond motifs is 2. The van der Waals surface area contributed by atoms with E-state index in [9.17, 15) is 4.79 Å². The van der Waals surface area contributed by atoms with Crippen LogP contribution in [0.3, 0.4) is 0 Å². The van der Waals surface area contributed by atoms with E-state index < -0.39 is 0 Å². The lowest BCUT2D eigenvalue weighted by Crippen LogP contribution is -2.39. The lowest BCUT2D eigenvalue weighted by Gasteiger charge is -2.21. The van der Waals surface area contributed by atoms with Crippen LogP contribution in [0.5, 0.6) is 0 Å². The molecule has 2 aliphatic rings. The molecule has 0 saturated heterocycles. The standard InChI is InChI=1S/C19H30N4O/c1-14-11-15(2)23(21-14)10-4-9-22(3)19(24)20-8-7-18-13-16-5-6-17(18)12-16/h5-6,11,16-18H,4,7-10,12-13H2,1-3H3,(H,20,24). The fourth-order valence-corrected chi connectivity index (χ4v) is 4.19. The van der Waals surface area contributed by atoms with Crippen LogP contribution in [0, 0.1) is 31.6 Å². The number of carbonyl (C=O) groups excluding carboxylic acids is 1. The molecule has 5 nitrogen and oxygen atoms in total. The second kappa shape index (κ2) is 7.41. The largest absolute Gasteiger partial charge is 0.338 e. The van der Waals surface area contributed by atoms with Gasteiger partial charge in [-0.05, 0) is 63.4 Å². The summed E-state index contributed by atoms with van der Waals surface area (Å²) in [5.41, 5.74) is 2.23. The number of nitrogens with one attached hydrogen (secondary N) is 1. The Morgan fingerprint density at radius 2 is 2.21 bits per heavy atom. The average Bonchev–Trinajstić information content (AvgIpc) is 3.23. The molecule has 132 valence electrons. The van der Waals surface area contributed by atoms with Crippen molar-refractivity contribution in [2.24, 2.45) is 17.8 Å². The molecule has 1 N–H and O–H groups in total. The summed E-state index contributed by atoms with van der Waals surface area (Å²) >= 11 is 0. The molecule has 0 spiro atoms. The lowest BCUT2D eigenvalue weighted by molar-refractivity contribution is 0.206. The first-order valence-electron chi connectivity index (χ1n) is 9.21. The molecule has 0 aromatic carbocycles. The van der Waals surface area contributed by atoms with E-state index in [0.29, 0.717) is 0 Å². The van der Waals surface area contributed by atoms with E-state index in [0.717, 1.165) is 55.9 Å². The predicted molar refractivity (Wildman–Crippen MR) is 95.8 cm³/mol. The van der Waals surface area contributed by atoms with Gasteiger partial charge in [-0.25, -0.2) is 4.79 Å². The van der Waals surface area contributed by atoms with Gasteiger partial charge in [-0.15, -0.1) is 0 Å². The first kappa shape index (κ1) is 17.1. The number of amides is 2. The molecule has 1 saturated carbocycles.